The van der Waals surface area contributed by atoms with E-state index in [1.54, 1.807) is 23.1 Å². The molecule has 102 valence electrons. The standard InChI is InChI=1S/C12H14N8/c1-20(2)12-17-10(16-11(18-12)19-14)15-9-6-4-3-5-8(9)7-13/h3-6H,14H2,1-2H3,(H2,15,16,17,18,19). The van der Waals surface area contributed by atoms with E-state index in [1.807, 2.05) is 20.2 Å². The van der Waals surface area contributed by atoms with Gasteiger partial charge in [-0.1, -0.05) is 12.1 Å². The zero-order valence-corrected chi connectivity index (χ0v) is 11.1. The highest BCUT2D eigenvalue weighted by Gasteiger charge is 2.09. The SMILES string of the molecule is CN(C)c1nc(NN)nc(Nc2ccccc2C#N)n1. The topological polar surface area (TPSA) is 116 Å². The third kappa shape index (κ3) is 2.90. The van der Waals surface area contributed by atoms with Crippen molar-refractivity contribution < 1.29 is 0 Å². The molecule has 2 aromatic rings. The normalized spacial score (nSPS) is 9.70. The Balaban J connectivity index is 2.38. The summed E-state index contributed by atoms with van der Waals surface area (Å²) in [6, 6.07) is 9.18. The average molecular weight is 270 g/mol. The van der Waals surface area contributed by atoms with Gasteiger partial charge in [-0.3, -0.25) is 5.43 Å². The van der Waals surface area contributed by atoms with Gasteiger partial charge in [-0.25, -0.2) is 5.84 Å². The van der Waals surface area contributed by atoms with Crippen LogP contribution in [0.4, 0.5) is 23.5 Å². The first-order valence-corrected chi connectivity index (χ1v) is 5.80. The molecular weight excluding hydrogens is 256 g/mol. The van der Waals surface area contributed by atoms with Crippen LogP contribution in [0, 0.1) is 11.3 Å². The lowest BCUT2D eigenvalue weighted by molar-refractivity contribution is 0.957. The summed E-state index contributed by atoms with van der Waals surface area (Å²) in [5.74, 6) is 6.33. The molecule has 1 heterocycles. The van der Waals surface area contributed by atoms with E-state index < -0.39 is 0 Å². The van der Waals surface area contributed by atoms with Crippen molar-refractivity contribution in [2.24, 2.45) is 5.84 Å². The minimum absolute atomic E-state index is 0.237. The number of rotatable bonds is 4. The van der Waals surface area contributed by atoms with E-state index in [-0.39, 0.29) is 5.95 Å². The van der Waals surface area contributed by atoms with Crippen LogP contribution in [-0.2, 0) is 0 Å². The van der Waals surface area contributed by atoms with Crippen LogP contribution < -0.4 is 21.5 Å². The van der Waals surface area contributed by atoms with Gasteiger partial charge in [0.25, 0.3) is 0 Å². The van der Waals surface area contributed by atoms with Crippen LogP contribution in [0.5, 0.6) is 0 Å². The number of hydrogen-bond donors (Lipinski definition) is 3. The van der Waals surface area contributed by atoms with Crippen LogP contribution in [0.2, 0.25) is 0 Å². The van der Waals surface area contributed by atoms with Crippen molar-refractivity contribution in [3.63, 3.8) is 0 Å². The first kappa shape index (κ1) is 13.5. The quantitative estimate of drug-likeness (QED) is 0.553. The molecule has 0 saturated heterocycles. The van der Waals surface area contributed by atoms with Gasteiger partial charge in [0.2, 0.25) is 17.8 Å². The zero-order valence-electron chi connectivity index (χ0n) is 11.1. The molecule has 0 amide bonds. The van der Waals surface area contributed by atoms with Gasteiger partial charge in [-0.2, -0.15) is 20.2 Å². The van der Waals surface area contributed by atoms with Crippen molar-refractivity contribution in [2.45, 2.75) is 0 Å². The molecular formula is C12H14N8. The molecule has 8 heteroatoms. The van der Waals surface area contributed by atoms with Crippen molar-refractivity contribution in [3.8, 4) is 6.07 Å². The molecule has 20 heavy (non-hydrogen) atoms. The number of aromatic nitrogens is 3. The number of nitrogens with zero attached hydrogens (tertiary/aromatic N) is 5. The predicted molar refractivity (Wildman–Crippen MR) is 76.4 cm³/mol. The second-order valence-electron chi connectivity index (χ2n) is 4.10. The molecule has 4 N–H and O–H groups in total. The Morgan fingerprint density at radius 3 is 2.50 bits per heavy atom. The molecule has 0 radical (unpaired) electrons. The van der Waals surface area contributed by atoms with E-state index in [0.29, 0.717) is 23.1 Å². The van der Waals surface area contributed by atoms with Crippen LogP contribution in [0.25, 0.3) is 0 Å². The summed E-state index contributed by atoms with van der Waals surface area (Å²) >= 11 is 0. The summed E-state index contributed by atoms with van der Waals surface area (Å²) in [6.45, 7) is 0. The first-order chi connectivity index (χ1) is 9.63. The molecule has 2 rings (SSSR count). The van der Waals surface area contributed by atoms with Gasteiger partial charge in [0.05, 0.1) is 11.3 Å². The summed E-state index contributed by atoms with van der Waals surface area (Å²) in [5.41, 5.74) is 3.50. The molecule has 0 aliphatic rings. The molecule has 1 aromatic heterocycles. The lowest BCUT2D eigenvalue weighted by Crippen LogP contribution is -2.18. The zero-order chi connectivity index (χ0) is 14.5. The fourth-order valence-electron chi connectivity index (χ4n) is 1.50. The van der Waals surface area contributed by atoms with E-state index >= 15 is 0 Å². The number of anilines is 4. The number of nitrogens with one attached hydrogen (secondary N) is 2. The van der Waals surface area contributed by atoms with Crippen LogP contribution in [0.1, 0.15) is 5.56 Å². The number of benzene rings is 1. The third-order valence-electron chi connectivity index (χ3n) is 2.45. The number of nitrogen functional groups attached to an aromatic ring is 1. The van der Waals surface area contributed by atoms with E-state index in [4.69, 9.17) is 11.1 Å². The summed E-state index contributed by atoms with van der Waals surface area (Å²) in [7, 11) is 3.62. The molecule has 0 bridgehead atoms. The third-order valence-corrected chi connectivity index (χ3v) is 2.45. The second-order valence-corrected chi connectivity index (χ2v) is 4.10. The largest absolute Gasteiger partial charge is 0.347 e. The van der Waals surface area contributed by atoms with Gasteiger partial charge in [0.1, 0.15) is 6.07 Å². The van der Waals surface area contributed by atoms with Gasteiger partial charge in [-0.15, -0.1) is 0 Å². The molecule has 0 aliphatic heterocycles. The Bertz CT molecular complexity index is 646. The maximum absolute atomic E-state index is 9.06. The smallest absolute Gasteiger partial charge is 0.243 e. The maximum Gasteiger partial charge on any atom is 0.243 e. The summed E-state index contributed by atoms with van der Waals surface area (Å²) in [6.07, 6.45) is 0. The fraction of sp³-hybridized carbons (Fsp3) is 0.167. The van der Waals surface area contributed by atoms with Crippen LogP contribution in [0.3, 0.4) is 0 Å². The van der Waals surface area contributed by atoms with Crippen molar-refractivity contribution in [3.05, 3.63) is 29.8 Å². The molecule has 0 aliphatic carbocycles. The predicted octanol–water partition coefficient (Wildman–Crippen LogP) is 0.838. The highest BCUT2D eigenvalue weighted by Crippen LogP contribution is 2.19. The molecule has 0 spiro atoms. The van der Waals surface area contributed by atoms with Gasteiger partial charge in [0, 0.05) is 14.1 Å². The fourth-order valence-corrected chi connectivity index (χ4v) is 1.50. The first-order valence-electron chi connectivity index (χ1n) is 5.80. The number of hydrogen-bond acceptors (Lipinski definition) is 8. The van der Waals surface area contributed by atoms with Gasteiger partial charge in [-0.05, 0) is 12.1 Å². The Hall–Kier alpha value is -2.92. The number of nitrogens with two attached hydrogens (primary N) is 1. The Labute approximate surface area is 116 Å². The number of hydrazine groups is 1. The Morgan fingerprint density at radius 1 is 1.15 bits per heavy atom. The minimum Gasteiger partial charge on any atom is -0.347 e. The van der Waals surface area contributed by atoms with Crippen molar-refractivity contribution in [2.75, 3.05) is 29.7 Å². The number of nitriles is 1. The maximum atomic E-state index is 9.06. The van der Waals surface area contributed by atoms with Gasteiger partial charge >= 0.3 is 0 Å². The molecule has 8 nitrogen and oxygen atoms in total. The lowest BCUT2D eigenvalue weighted by atomic mass is 10.2. The lowest BCUT2D eigenvalue weighted by Gasteiger charge is -2.13. The summed E-state index contributed by atoms with van der Waals surface area (Å²) in [4.78, 5) is 14.2. The Morgan fingerprint density at radius 2 is 1.85 bits per heavy atom. The minimum atomic E-state index is 0.237. The molecule has 0 unspecified atom stereocenters. The van der Waals surface area contributed by atoms with Crippen molar-refractivity contribution in [1.29, 1.82) is 5.26 Å². The highest BCUT2D eigenvalue weighted by molar-refractivity contribution is 5.63. The highest BCUT2D eigenvalue weighted by atomic mass is 15.4. The van der Waals surface area contributed by atoms with E-state index in [9.17, 15) is 0 Å². The second kappa shape index (κ2) is 5.81. The summed E-state index contributed by atoms with van der Waals surface area (Å²) in [5, 5.41) is 12.0. The molecule has 0 fully saturated rings. The van der Waals surface area contributed by atoms with Crippen LogP contribution in [0.15, 0.2) is 24.3 Å². The Kier molecular flexibility index (Phi) is 3.93. The number of para-hydroxylation sites is 1. The average Bonchev–Trinajstić information content (AvgIpc) is 2.47. The summed E-state index contributed by atoms with van der Waals surface area (Å²) < 4.78 is 0. The van der Waals surface area contributed by atoms with Gasteiger partial charge in [0.15, 0.2) is 0 Å². The van der Waals surface area contributed by atoms with Crippen LogP contribution in [-0.4, -0.2) is 29.0 Å². The molecule has 1 aromatic carbocycles. The van der Waals surface area contributed by atoms with E-state index in [0.717, 1.165) is 0 Å². The van der Waals surface area contributed by atoms with Gasteiger partial charge < -0.3 is 10.2 Å². The van der Waals surface area contributed by atoms with E-state index in [1.165, 1.54) is 0 Å². The van der Waals surface area contributed by atoms with Crippen molar-refractivity contribution in [1.82, 2.24) is 15.0 Å². The molecule has 0 saturated carbocycles. The molecule has 0 atom stereocenters. The van der Waals surface area contributed by atoms with Crippen LogP contribution >= 0.6 is 0 Å². The van der Waals surface area contributed by atoms with Crippen molar-refractivity contribution >= 4 is 23.5 Å². The van der Waals surface area contributed by atoms with E-state index in [2.05, 4.69) is 31.8 Å². The monoisotopic (exact) mass is 270 g/mol.